The molecule has 12 heteroatoms. The smallest absolute Gasteiger partial charge is 0.235 e. The molecule has 16 atom stereocenters. The molecule has 8 amide bonds. The first-order valence-electron chi connectivity index (χ1n) is 26.9. The lowest BCUT2D eigenvalue weighted by Crippen LogP contribution is -2.46. The van der Waals surface area contributed by atoms with Crippen molar-refractivity contribution in [3.63, 3.8) is 0 Å². The zero-order valence-corrected chi connectivity index (χ0v) is 43.1. The van der Waals surface area contributed by atoms with Crippen LogP contribution in [0.1, 0.15) is 105 Å². The van der Waals surface area contributed by atoms with Crippen LogP contribution >= 0.6 is 0 Å². The molecule has 12 aliphatic rings. The fraction of sp³-hybridized carbons (Fsp3) is 0.524. The van der Waals surface area contributed by atoms with Crippen molar-refractivity contribution in [2.75, 3.05) is 6.67 Å². The highest BCUT2D eigenvalue weighted by molar-refractivity contribution is 6.10. The number of nitrogens with zero attached hydrogens (tertiary/aromatic N) is 4. The van der Waals surface area contributed by atoms with Crippen molar-refractivity contribution < 1.29 is 38.4 Å². The number of hydrogen-bond acceptors (Lipinski definition) is 8. The van der Waals surface area contributed by atoms with Crippen LogP contribution in [-0.2, 0) is 51.4 Å². The average Bonchev–Trinajstić information content (AvgIpc) is 4.27. The van der Waals surface area contributed by atoms with Gasteiger partial charge >= 0.3 is 0 Å². The van der Waals surface area contributed by atoms with Gasteiger partial charge in [-0.2, -0.15) is 0 Å². The Bertz CT molecular complexity index is 2250. The quantitative estimate of drug-likeness (QED) is 0.166. The third-order valence-electron chi connectivity index (χ3n) is 17.4. The van der Waals surface area contributed by atoms with Gasteiger partial charge in [-0.3, -0.25) is 58.0 Å². The van der Waals surface area contributed by atoms with E-state index in [0.29, 0.717) is 0 Å². The summed E-state index contributed by atoms with van der Waals surface area (Å²) in [6.45, 7) is 22.5. The van der Waals surface area contributed by atoms with E-state index >= 15 is 0 Å². The summed E-state index contributed by atoms with van der Waals surface area (Å²) in [6, 6.07) is 7.59. The Balaban J connectivity index is 0.000000189. The van der Waals surface area contributed by atoms with E-state index in [1.165, 1.54) is 19.6 Å². The molecule has 8 aliphatic carbocycles. The first kappa shape index (κ1) is 58.0. The van der Waals surface area contributed by atoms with E-state index in [1.54, 1.807) is 0 Å². The van der Waals surface area contributed by atoms with Crippen molar-refractivity contribution in [1.29, 1.82) is 0 Å². The summed E-state index contributed by atoms with van der Waals surface area (Å²) >= 11 is 0. The molecule has 4 saturated carbocycles. The van der Waals surface area contributed by atoms with Gasteiger partial charge in [0.1, 0.15) is 6.67 Å². The van der Waals surface area contributed by atoms with Gasteiger partial charge in [-0.1, -0.05) is 140 Å². The van der Waals surface area contributed by atoms with Crippen molar-refractivity contribution in [1.82, 2.24) is 19.6 Å². The van der Waals surface area contributed by atoms with Crippen LogP contribution in [0.2, 0.25) is 0 Å². The molecule has 0 radical (unpaired) electrons. The maximum atomic E-state index is 13.0. The molecule has 1 aromatic rings. The minimum atomic E-state index is -0.285. The van der Waals surface area contributed by atoms with Gasteiger partial charge in [0, 0.05) is 0 Å². The van der Waals surface area contributed by atoms with Gasteiger partial charge in [-0.05, 0) is 110 Å². The minimum absolute atomic E-state index is 0. The Morgan fingerprint density at radius 1 is 0.373 bits per heavy atom. The lowest BCUT2D eigenvalue weighted by Gasteiger charge is -2.24. The highest BCUT2D eigenvalue weighted by atomic mass is 16.2. The normalized spacial score (nSPS) is 34.7. The van der Waals surface area contributed by atoms with Crippen LogP contribution < -0.4 is 0 Å². The van der Waals surface area contributed by atoms with E-state index in [-0.39, 0.29) is 177 Å². The summed E-state index contributed by atoms with van der Waals surface area (Å²) in [5, 5.41) is 0. The molecule has 13 rings (SSSR count). The van der Waals surface area contributed by atoms with Crippen LogP contribution in [0.3, 0.4) is 0 Å². The number of rotatable bonds is 10. The summed E-state index contributed by atoms with van der Waals surface area (Å²) in [7, 11) is 0. The Morgan fingerprint density at radius 3 is 0.747 bits per heavy atom. The second-order valence-electron chi connectivity index (χ2n) is 21.5. The SMILES string of the molecule is C.C.C=CCC.C=CCC.C=CCC.C=CCC.O=C1C2C3C=CC(C3)C2C(=O)N1CN1C(=O)C2C3C=CC(C3)C2C1=O.O=C1C2C3C=CC(C3)C2C(=O)N1Cc1cccc(CN2C(=O)C3C4C=CC(C4)C3C2=O)c1. The van der Waals surface area contributed by atoms with Crippen molar-refractivity contribution >= 4 is 47.3 Å². The van der Waals surface area contributed by atoms with Crippen molar-refractivity contribution in [2.24, 2.45) is 94.7 Å². The predicted molar refractivity (Wildman–Crippen MR) is 292 cm³/mol. The molecule has 402 valence electrons. The Hall–Kier alpha value is -6.30. The molecule has 0 spiro atoms. The zero-order chi connectivity index (χ0) is 52.4. The number of hydrogen-bond donors (Lipinski definition) is 0. The van der Waals surface area contributed by atoms with Crippen molar-refractivity contribution in [3.8, 4) is 0 Å². The van der Waals surface area contributed by atoms with Gasteiger partial charge < -0.3 is 0 Å². The van der Waals surface area contributed by atoms with Crippen molar-refractivity contribution in [3.05, 3.63) is 135 Å². The molecule has 75 heavy (non-hydrogen) atoms. The first-order valence-corrected chi connectivity index (χ1v) is 26.9. The minimum Gasteiger partial charge on any atom is -0.278 e. The third kappa shape index (κ3) is 10.4. The fourth-order valence-corrected chi connectivity index (χ4v) is 13.8. The molecule has 4 aliphatic heterocycles. The van der Waals surface area contributed by atoms with Crippen molar-refractivity contribution in [2.45, 2.75) is 107 Å². The monoisotopic (exact) mass is 1020 g/mol. The Morgan fingerprint density at radius 2 is 0.560 bits per heavy atom. The lowest BCUT2D eigenvalue weighted by molar-refractivity contribution is -0.150. The maximum absolute atomic E-state index is 13.0. The molecule has 12 nitrogen and oxygen atoms in total. The molecular weight excluding hydrogens is 941 g/mol. The standard InChI is InChI=1S/C26H24N2O4.C19H18N2O4.4C4H8.2CH4/c29-23-19-15-4-5-16(9-15)20(19)24(30)27(23)11-13-2-1-3-14(8-13)12-28-25(31)21-17-6-7-18(10-17)22(21)26(28)32;22-16-12-8-1-2-9(5-8)13(12)17(23)20(16)7-21-18(24)14-10-3-4-11(6-10)15(14)19(21)25;4*1-3-4-2;;/h1-8,15-22H,9-12H2;1-4,8-15H,5-7H2;4*3H,1,4H2,2H3;2*1H4. The van der Waals surface area contributed by atoms with E-state index in [4.69, 9.17) is 0 Å². The molecule has 8 fully saturated rings. The zero-order valence-electron chi connectivity index (χ0n) is 43.1. The molecule has 0 N–H and O–H groups in total. The number of allylic oxidation sites excluding steroid dienone is 12. The number of benzene rings is 1. The second-order valence-corrected chi connectivity index (χ2v) is 21.5. The first-order chi connectivity index (χ1) is 35.2. The van der Waals surface area contributed by atoms with Gasteiger partial charge in [0.05, 0.1) is 60.4 Å². The highest BCUT2D eigenvalue weighted by Gasteiger charge is 2.64. The molecule has 1 aromatic carbocycles. The fourth-order valence-electron chi connectivity index (χ4n) is 13.8. The molecule has 4 saturated heterocycles. The highest BCUT2D eigenvalue weighted by Crippen LogP contribution is 2.56. The van der Waals surface area contributed by atoms with Crippen LogP contribution in [0.25, 0.3) is 0 Å². The topological polar surface area (TPSA) is 150 Å². The largest absolute Gasteiger partial charge is 0.278 e. The number of likely N-dealkylation sites (tertiary alicyclic amines) is 4. The number of carbonyl (C=O) groups excluding carboxylic acids is 8. The van der Waals surface area contributed by atoms with E-state index < -0.39 is 0 Å². The van der Waals surface area contributed by atoms with Gasteiger partial charge in [0.2, 0.25) is 47.3 Å². The average molecular weight is 1020 g/mol. The summed E-state index contributed by atoms with van der Waals surface area (Å²) < 4.78 is 0. The van der Waals surface area contributed by atoms with Gasteiger partial charge in [-0.25, -0.2) is 0 Å². The third-order valence-corrected chi connectivity index (χ3v) is 17.4. The molecule has 0 aromatic heterocycles. The molecule has 4 heterocycles. The maximum Gasteiger partial charge on any atom is 0.235 e. The predicted octanol–water partition coefficient (Wildman–Crippen LogP) is 10.5. The molecular formula is C63H82N4O8. The number of fused-ring (bicyclic) bond motifs is 20. The molecule has 16 unspecified atom stereocenters. The van der Waals surface area contributed by atoms with Crippen LogP contribution in [0.5, 0.6) is 0 Å². The van der Waals surface area contributed by atoms with E-state index in [0.717, 1.165) is 62.5 Å². The number of imide groups is 4. The van der Waals surface area contributed by atoms with Gasteiger partial charge in [-0.15, -0.1) is 26.3 Å². The van der Waals surface area contributed by atoms with E-state index in [1.807, 2.05) is 72.9 Å². The Kier molecular flexibility index (Phi) is 19.0. The summed E-state index contributed by atoms with van der Waals surface area (Å²) in [5.74, 6) is -1.55. The lowest BCUT2D eigenvalue weighted by atomic mass is 9.85. The number of carbonyl (C=O) groups is 8. The molecule has 8 bridgehead atoms. The summed E-state index contributed by atoms with van der Waals surface area (Å²) in [5.41, 5.74) is 1.70. The van der Waals surface area contributed by atoms with E-state index in [9.17, 15) is 38.4 Å². The van der Waals surface area contributed by atoms with Crippen LogP contribution in [0.15, 0.2) is 123 Å². The van der Waals surface area contributed by atoms with Crippen LogP contribution in [0, 0.1) is 94.7 Å². The number of amides is 8. The second kappa shape index (κ2) is 24.6. The van der Waals surface area contributed by atoms with Gasteiger partial charge in [0.25, 0.3) is 0 Å². The summed E-state index contributed by atoms with van der Waals surface area (Å²) in [4.78, 5) is 108. The van der Waals surface area contributed by atoms with Gasteiger partial charge in [0.15, 0.2) is 0 Å². The Labute approximate surface area is 446 Å². The van der Waals surface area contributed by atoms with E-state index in [2.05, 4.69) is 78.3 Å². The van der Waals surface area contributed by atoms with Crippen LogP contribution in [0.4, 0.5) is 0 Å². The summed E-state index contributed by atoms with van der Waals surface area (Å²) in [6.07, 6.45) is 32.0. The van der Waals surface area contributed by atoms with Crippen LogP contribution in [-0.4, -0.2) is 73.5 Å².